The molecule has 1 N–H and O–H groups in total. The molecule has 1 aromatic heterocycles. The molecule has 1 fully saturated rings. The first kappa shape index (κ1) is 19.5. The number of fused-ring (bicyclic) bond motifs is 1. The number of anilines is 1. The maximum atomic E-state index is 14.3. The Morgan fingerprint density at radius 1 is 1.10 bits per heavy atom. The number of carbonyl (C=O) groups is 1. The summed E-state index contributed by atoms with van der Waals surface area (Å²) in [6, 6.07) is 12.5. The molecule has 1 saturated heterocycles. The van der Waals surface area contributed by atoms with E-state index in [9.17, 15) is 17.6 Å². The van der Waals surface area contributed by atoms with Crippen LogP contribution in [-0.4, -0.2) is 36.7 Å². The summed E-state index contributed by atoms with van der Waals surface area (Å²) in [6.07, 6.45) is 1.49. The van der Waals surface area contributed by atoms with Crippen LogP contribution in [0.5, 0.6) is 0 Å². The number of sulfonamides is 1. The van der Waals surface area contributed by atoms with Gasteiger partial charge in [0, 0.05) is 29.7 Å². The van der Waals surface area contributed by atoms with Crippen LogP contribution in [0.4, 0.5) is 10.1 Å². The third-order valence-corrected chi connectivity index (χ3v) is 6.88. The number of carbonyl (C=O) groups excluding carboxylic acids is 1. The fraction of sp³-hybridized carbons (Fsp3) is 0.238. The molecule has 2 aromatic carbocycles. The lowest BCUT2D eigenvalue weighted by Crippen LogP contribution is -2.29. The van der Waals surface area contributed by atoms with Crippen molar-refractivity contribution in [3.8, 4) is 0 Å². The van der Waals surface area contributed by atoms with Gasteiger partial charge in [-0.05, 0) is 50.1 Å². The molecule has 1 aliphatic heterocycles. The predicted octanol–water partition coefficient (Wildman–Crippen LogP) is 3.72. The first-order chi connectivity index (χ1) is 13.9. The van der Waals surface area contributed by atoms with Gasteiger partial charge in [-0.15, -0.1) is 0 Å². The fourth-order valence-corrected chi connectivity index (χ4v) is 5.12. The number of benzene rings is 2. The number of pyridine rings is 1. The molecule has 0 spiro atoms. The molecule has 0 aliphatic carbocycles. The van der Waals surface area contributed by atoms with E-state index in [1.54, 1.807) is 6.07 Å². The van der Waals surface area contributed by atoms with Crippen molar-refractivity contribution >= 4 is 32.5 Å². The molecule has 0 saturated carbocycles. The Balaban J connectivity index is 1.69. The first-order valence-corrected chi connectivity index (χ1v) is 10.8. The zero-order valence-electron chi connectivity index (χ0n) is 15.9. The maximum Gasteiger partial charge on any atom is 0.255 e. The van der Waals surface area contributed by atoms with Crippen molar-refractivity contribution in [2.75, 3.05) is 18.4 Å². The Labute approximate surface area is 168 Å². The average molecular weight is 413 g/mol. The number of rotatable bonds is 4. The largest absolute Gasteiger partial charge is 0.321 e. The van der Waals surface area contributed by atoms with Gasteiger partial charge in [-0.2, -0.15) is 4.31 Å². The minimum atomic E-state index is -3.97. The second kappa shape index (κ2) is 7.53. The van der Waals surface area contributed by atoms with Gasteiger partial charge in [0.1, 0.15) is 10.7 Å². The minimum absolute atomic E-state index is 0.0720. The second-order valence-corrected chi connectivity index (χ2v) is 8.95. The number of nitrogens with one attached hydrogen (secondary N) is 1. The topological polar surface area (TPSA) is 79.4 Å². The molecular formula is C21H20FN3O3S. The van der Waals surface area contributed by atoms with E-state index in [0.29, 0.717) is 18.8 Å². The molecular weight excluding hydrogens is 393 g/mol. The fourth-order valence-electron chi connectivity index (χ4n) is 3.52. The minimum Gasteiger partial charge on any atom is -0.321 e. The molecule has 6 nitrogen and oxygen atoms in total. The highest BCUT2D eigenvalue weighted by molar-refractivity contribution is 7.89. The number of nitrogens with zero attached hydrogens (tertiary/aromatic N) is 2. The molecule has 0 atom stereocenters. The number of aromatic nitrogens is 1. The van der Waals surface area contributed by atoms with Gasteiger partial charge in [-0.25, -0.2) is 12.8 Å². The molecule has 150 valence electrons. The number of amides is 1. The summed E-state index contributed by atoms with van der Waals surface area (Å²) in [5.74, 6) is -1.38. The monoisotopic (exact) mass is 413 g/mol. The van der Waals surface area contributed by atoms with E-state index in [1.807, 2.05) is 31.2 Å². The summed E-state index contributed by atoms with van der Waals surface area (Å²) in [5.41, 5.74) is 2.10. The second-order valence-electron chi connectivity index (χ2n) is 7.04. The quantitative estimate of drug-likeness (QED) is 0.707. The molecule has 2 heterocycles. The summed E-state index contributed by atoms with van der Waals surface area (Å²) < 4.78 is 41.1. The first-order valence-electron chi connectivity index (χ1n) is 9.34. The molecule has 4 rings (SSSR count). The highest BCUT2D eigenvalue weighted by Crippen LogP contribution is 2.26. The summed E-state index contributed by atoms with van der Waals surface area (Å²) in [7, 11) is -3.97. The van der Waals surface area contributed by atoms with Crippen LogP contribution in [0.2, 0.25) is 0 Å². The van der Waals surface area contributed by atoms with Crippen LogP contribution in [0.3, 0.4) is 0 Å². The Bertz CT molecular complexity index is 1210. The lowest BCUT2D eigenvalue weighted by Gasteiger charge is -2.16. The zero-order chi connectivity index (χ0) is 20.6. The summed E-state index contributed by atoms with van der Waals surface area (Å²) in [5, 5.41) is 3.56. The van der Waals surface area contributed by atoms with Gasteiger partial charge < -0.3 is 5.32 Å². The van der Waals surface area contributed by atoms with Crippen LogP contribution in [0.25, 0.3) is 10.9 Å². The summed E-state index contributed by atoms with van der Waals surface area (Å²) >= 11 is 0. The van der Waals surface area contributed by atoms with Crippen LogP contribution in [0.15, 0.2) is 53.4 Å². The van der Waals surface area contributed by atoms with Crippen molar-refractivity contribution in [2.45, 2.75) is 24.7 Å². The van der Waals surface area contributed by atoms with Crippen LogP contribution in [0.1, 0.15) is 28.9 Å². The molecule has 3 aromatic rings. The highest BCUT2D eigenvalue weighted by Gasteiger charge is 2.30. The summed E-state index contributed by atoms with van der Waals surface area (Å²) in [6.45, 7) is 2.54. The van der Waals surface area contributed by atoms with Crippen molar-refractivity contribution in [3.63, 3.8) is 0 Å². The van der Waals surface area contributed by atoms with Crippen molar-refractivity contribution < 1.29 is 17.6 Å². The van der Waals surface area contributed by atoms with Gasteiger partial charge in [0.25, 0.3) is 5.91 Å². The van der Waals surface area contributed by atoms with Gasteiger partial charge in [0.2, 0.25) is 10.0 Å². The van der Waals surface area contributed by atoms with Crippen molar-refractivity contribution in [1.29, 1.82) is 0 Å². The van der Waals surface area contributed by atoms with E-state index in [-0.39, 0.29) is 5.56 Å². The van der Waals surface area contributed by atoms with Crippen molar-refractivity contribution in [1.82, 2.24) is 9.29 Å². The number of halogens is 1. The Hall–Kier alpha value is -2.84. The molecule has 0 unspecified atom stereocenters. The van der Waals surface area contributed by atoms with E-state index in [0.717, 1.165) is 41.6 Å². The van der Waals surface area contributed by atoms with E-state index < -0.39 is 26.6 Å². The maximum absolute atomic E-state index is 14.3. The van der Waals surface area contributed by atoms with E-state index >= 15 is 0 Å². The predicted molar refractivity (Wildman–Crippen MR) is 109 cm³/mol. The Morgan fingerprint density at radius 2 is 1.83 bits per heavy atom. The standard InChI is InChI=1S/C21H20FN3O3S/c1-14-12-19(16-6-2-3-7-18(16)23-14)24-21(26)15-8-9-17(22)20(13-15)29(27,28)25-10-4-5-11-25/h2-3,6-9,12-13H,4-5,10-11H2,1H3,(H,23,24,26). The zero-order valence-corrected chi connectivity index (χ0v) is 16.7. The van der Waals surface area contributed by atoms with Crippen LogP contribution >= 0.6 is 0 Å². The van der Waals surface area contributed by atoms with Gasteiger partial charge in [-0.3, -0.25) is 9.78 Å². The van der Waals surface area contributed by atoms with Crippen molar-refractivity contribution in [2.24, 2.45) is 0 Å². The van der Waals surface area contributed by atoms with Crippen LogP contribution < -0.4 is 5.32 Å². The SMILES string of the molecule is Cc1cc(NC(=O)c2ccc(F)c(S(=O)(=O)N3CCCC3)c2)c2ccccc2n1. The molecule has 0 radical (unpaired) electrons. The Kier molecular flexibility index (Phi) is 5.06. The number of hydrogen-bond acceptors (Lipinski definition) is 4. The number of aryl methyl sites for hydroxylation is 1. The third-order valence-electron chi connectivity index (χ3n) is 4.97. The Morgan fingerprint density at radius 3 is 2.59 bits per heavy atom. The number of hydrogen-bond donors (Lipinski definition) is 1. The average Bonchev–Trinajstić information content (AvgIpc) is 3.23. The van der Waals surface area contributed by atoms with Crippen molar-refractivity contribution in [3.05, 3.63) is 65.6 Å². The smallest absolute Gasteiger partial charge is 0.255 e. The normalized spacial score (nSPS) is 15.0. The lowest BCUT2D eigenvalue weighted by atomic mass is 10.1. The summed E-state index contributed by atoms with van der Waals surface area (Å²) in [4.78, 5) is 16.8. The van der Waals surface area contributed by atoms with E-state index in [4.69, 9.17) is 0 Å². The van der Waals surface area contributed by atoms with E-state index in [1.165, 1.54) is 10.4 Å². The third kappa shape index (κ3) is 3.73. The van der Waals surface area contributed by atoms with Gasteiger partial charge >= 0.3 is 0 Å². The lowest BCUT2D eigenvalue weighted by molar-refractivity contribution is 0.102. The molecule has 8 heteroatoms. The van der Waals surface area contributed by atoms with Gasteiger partial charge in [0.15, 0.2) is 0 Å². The van der Waals surface area contributed by atoms with Crippen LogP contribution in [0, 0.1) is 12.7 Å². The van der Waals surface area contributed by atoms with Crippen LogP contribution in [-0.2, 0) is 10.0 Å². The molecule has 1 amide bonds. The highest BCUT2D eigenvalue weighted by atomic mass is 32.2. The van der Waals surface area contributed by atoms with Gasteiger partial charge in [-0.1, -0.05) is 18.2 Å². The van der Waals surface area contributed by atoms with Gasteiger partial charge in [0.05, 0.1) is 11.2 Å². The molecule has 0 bridgehead atoms. The molecule has 29 heavy (non-hydrogen) atoms. The van der Waals surface area contributed by atoms with E-state index in [2.05, 4.69) is 10.3 Å². The molecule has 1 aliphatic rings. The number of para-hydroxylation sites is 1.